The lowest BCUT2D eigenvalue weighted by atomic mass is 9.98. The molecule has 0 heterocycles. The number of halogens is 4. The molecule has 3 nitrogen and oxygen atoms in total. The summed E-state index contributed by atoms with van der Waals surface area (Å²) in [5.74, 6) is 3.19. The summed E-state index contributed by atoms with van der Waals surface area (Å²) in [7, 11) is 1.32. The Hall–Kier alpha value is -1.57. The van der Waals surface area contributed by atoms with E-state index < -0.39 is 23.5 Å². The average Bonchev–Trinajstić information content (AvgIpc) is 2.42. The third-order valence-corrected chi connectivity index (χ3v) is 3.47. The van der Waals surface area contributed by atoms with E-state index in [1.807, 2.05) is 0 Å². The van der Waals surface area contributed by atoms with Crippen molar-refractivity contribution in [2.45, 2.75) is 6.04 Å². The molecule has 0 saturated carbocycles. The van der Waals surface area contributed by atoms with Crippen LogP contribution < -0.4 is 16.0 Å². The Morgan fingerprint density at radius 1 is 1.10 bits per heavy atom. The van der Waals surface area contributed by atoms with E-state index in [1.54, 1.807) is 0 Å². The summed E-state index contributed by atoms with van der Waals surface area (Å²) in [5, 5.41) is 0. The lowest BCUT2D eigenvalue weighted by Crippen LogP contribution is -2.30. The van der Waals surface area contributed by atoms with Crippen molar-refractivity contribution in [2.24, 2.45) is 5.84 Å². The van der Waals surface area contributed by atoms with Crippen LogP contribution in [0.2, 0.25) is 0 Å². The second kappa shape index (κ2) is 6.46. The minimum Gasteiger partial charge on any atom is -0.494 e. The molecule has 0 aromatic heterocycles. The van der Waals surface area contributed by atoms with Crippen LogP contribution in [0, 0.1) is 17.5 Å². The third-order valence-electron chi connectivity index (χ3n) is 3.01. The molecule has 1 unspecified atom stereocenters. The van der Waals surface area contributed by atoms with Crippen molar-refractivity contribution in [1.82, 2.24) is 5.43 Å². The number of benzene rings is 2. The summed E-state index contributed by atoms with van der Waals surface area (Å²) in [5.41, 5.74) is 2.28. The van der Waals surface area contributed by atoms with Crippen molar-refractivity contribution in [2.75, 3.05) is 7.11 Å². The first-order chi connectivity index (χ1) is 9.97. The zero-order chi connectivity index (χ0) is 15.6. The first-order valence-electron chi connectivity index (χ1n) is 5.92. The third kappa shape index (κ3) is 3.20. The van der Waals surface area contributed by atoms with Gasteiger partial charge in [-0.05, 0) is 29.8 Å². The first kappa shape index (κ1) is 15.8. The number of nitrogens with one attached hydrogen (secondary N) is 1. The van der Waals surface area contributed by atoms with Crippen LogP contribution in [0.3, 0.4) is 0 Å². The fraction of sp³-hybridized carbons (Fsp3) is 0.143. The SMILES string of the molecule is COc1ccc(C(NN)c2c(F)cc(Br)cc2F)cc1F. The number of rotatable bonds is 4. The van der Waals surface area contributed by atoms with E-state index in [1.165, 1.54) is 19.2 Å². The highest BCUT2D eigenvalue weighted by Gasteiger charge is 2.22. The van der Waals surface area contributed by atoms with E-state index in [-0.39, 0.29) is 21.3 Å². The Morgan fingerprint density at radius 2 is 1.71 bits per heavy atom. The predicted octanol–water partition coefficient (Wildman–Crippen LogP) is 3.43. The topological polar surface area (TPSA) is 47.3 Å². The number of hydrazine groups is 1. The maximum absolute atomic E-state index is 14.0. The van der Waals surface area contributed by atoms with Crippen LogP contribution in [-0.4, -0.2) is 7.11 Å². The van der Waals surface area contributed by atoms with Crippen molar-refractivity contribution in [3.8, 4) is 5.75 Å². The van der Waals surface area contributed by atoms with Crippen molar-refractivity contribution in [3.05, 3.63) is 63.4 Å². The summed E-state index contributed by atoms with van der Waals surface area (Å²) in [6, 6.07) is 5.16. The monoisotopic (exact) mass is 360 g/mol. The van der Waals surface area contributed by atoms with Crippen molar-refractivity contribution >= 4 is 15.9 Å². The average molecular weight is 361 g/mol. The Bertz CT molecular complexity index is 644. The molecule has 2 rings (SSSR count). The summed E-state index contributed by atoms with van der Waals surface area (Å²) in [6.07, 6.45) is 0. The predicted molar refractivity (Wildman–Crippen MR) is 76.2 cm³/mol. The number of ether oxygens (including phenoxy) is 1. The van der Waals surface area contributed by atoms with Crippen LogP contribution in [0.4, 0.5) is 13.2 Å². The van der Waals surface area contributed by atoms with E-state index in [0.717, 1.165) is 18.2 Å². The van der Waals surface area contributed by atoms with Gasteiger partial charge in [0.25, 0.3) is 0 Å². The smallest absolute Gasteiger partial charge is 0.165 e. The van der Waals surface area contributed by atoms with Crippen LogP contribution >= 0.6 is 15.9 Å². The maximum Gasteiger partial charge on any atom is 0.165 e. The van der Waals surface area contributed by atoms with Gasteiger partial charge < -0.3 is 4.74 Å². The molecule has 21 heavy (non-hydrogen) atoms. The molecule has 0 radical (unpaired) electrons. The van der Waals surface area contributed by atoms with E-state index in [4.69, 9.17) is 10.6 Å². The fourth-order valence-electron chi connectivity index (χ4n) is 2.04. The van der Waals surface area contributed by atoms with Crippen LogP contribution in [0.25, 0.3) is 0 Å². The minimum atomic E-state index is -1.03. The lowest BCUT2D eigenvalue weighted by Gasteiger charge is -2.19. The second-order valence-corrected chi connectivity index (χ2v) is 5.19. The molecule has 2 aromatic rings. The quantitative estimate of drug-likeness (QED) is 0.648. The van der Waals surface area contributed by atoms with Crippen LogP contribution in [0.1, 0.15) is 17.2 Å². The Morgan fingerprint density at radius 3 is 2.19 bits per heavy atom. The normalized spacial score (nSPS) is 12.3. The molecule has 0 saturated heterocycles. The zero-order valence-electron chi connectivity index (χ0n) is 11.0. The van der Waals surface area contributed by atoms with Gasteiger partial charge in [-0.25, -0.2) is 18.6 Å². The van der Waals surface area contributed by atoms with Gasteiger partial charge in [-0.15, -0.1) is 0 Å². The molecule has 0 aliphatic carbocycles. The molecule has 0 aliphatic rings. The minimum absolute atomic E-state index is 0.0336. The molecule has 0 spiro atoms. The first-order valence-corrected chi connectivity index (χ1v) is 6.71. The van der Waals surface area contributed by atoms with E-state index in [2.05, 4.69) is 21.4 Å². The largest absolute Gasteiger partial charge is 0.494 e. The van der Waals surface area contributed by atoms with Crippen LogP contribution in [0.15, 0.2) is 34.8 Å². The van der Waals surface area contributed by atoms with Gasteiger partial charge in [0.15, 0.2) is 11.6 Å². The number of methoxy groups -OCH3 is 1. The van der Waals surface area contributed by atoms with Gasteiger partial charge in [-0.2, -0.15) is 0 Å². The molecule has 1 atom stereocenters. The highest BCUT2D eigenvalue weighted by molar-refractivity contribution is 9.10. The number of hydrogen-bond acceptors (Lipinski definition) is 3. The van der Waals surface area contributed by atoms with Gasteiger partial charge in [0.05, 0.1) is 13.2 Å². The fourth-order valence-corrected chi connectivity index (χ4v) is 2.44. The van der Waals surface area contributed by atoms with Crippen LogP contribution in [0.5, 0.6) is 5.75 Å². The lowest BCUT2D eigenvalue weighted by molar-refractivity contribution is 0.385. The van der Waals surface area contributed by atoms with Gasteiger partial charge in [-0.3, -0.25) is 5.84 Å². The molecule has 112 valence electrons. The highest BCUT2D eigenvalue weighted by atomic mass is 79.9. The van der Waals surface area contributed by atoms with Crippen molar-refractivity contribution < 1.29 is 17.9 Å². The van der Waals surface area contributed by atoms with Gasteiger partial charge in [0.2, 0.25) is 0 Å². The highest BCUT2D eigenvalue weighted by Crippen LogP contribution is 2.30. The summed E-state index contributed by atoms with van der Waals surface area (Å²) in [4.78, 5) is 0. The summed E-state index contributed by atoms with van der Waals surface area (Å²) < 4.78 is 46.8. The van der Waals surface area contributed by atoms with Gasteiger partial charge in [0, 0.05) is 10.0 Å². The molecule has 0 aliphatic heterocycles. The van der Waals surface area contributed by atoms with Gasteiger partial charge in [-0.1, -0.05) is 22.0 Å². The van der Waals surface area contributed by atoms with E-state index in [9.17, 15) is 13.2 Å². The van der Waals surface area contributed by atoms with E-state index in [0.29, 0.717) is 0 Å². The Kier molecular flexibility index (Phi) is 4.87. The van der Waals surface area contributed by atoms with Gasteiger partial charge >= 0.3 is 0 Å². The van der Waals surface area contributed by atoms with E-state index >= 15 is 0 Å². The van der Waals surface area contributed by atoms with Crippen LogP contribution in [-0.2, 0) is 0 Å². The molecular weight excluding hydrogens is 349 g/mol. The molecule has 3 N–H and O–H groups in total. The number of nitrogens with two attached hydrogens (primary N) is 1. The molecule has 0 fully saturated rings. The molecule has 2 aromatic carbocycles. The molecule has 7 heteroatoms. The summed E-state index contributed by atoms with van der Waals surface area (Å²) >= 11 is 3.00. The Labute approximate surface area is 128 Å². The molecular formula is C14H12BrF3N2O. The van der Waals surface area contributed by atoms with Gasteiger partial charge in [0.1, 0.15) is 11.6 Å². The summed E-state index contributed by atoms with van der Waals surface area (Å²) in [6.45, 7) is 0. The zero-order valence-corrected chi connectivity index (χ0v) is 12.5. The standard InChI is InChI=1S/C14H12BrF3N2O/c1-21-12-3-2-7(4-9(12)16)14(20-19)13-10(17)5-8(15)6-11(13)18/h2-6,14,20H,19H2,1H3. The van der Waals surface area contributed by atoms with Crippen molar-refractivity contribution in [3.63, 3.8) is 0 Å². The number of hydrogen-bond donors (Lipinski definition) is 2. The maximum atomic E-state index is 14.0. The Balaban J connectivity index is 2.52. The molecule has 0 amide bonds. The molecule has 0 bridgehead atoms. The second-order valence-electron chi connectivity index (χ2n) is 4.28. The van der Waals surface area contributed by atoms with Crippen molar-refractivity contribution in [1.29, 1.82) is 0 Å².